The number of pyridine rings is 1. The minimum Gasteiger partial charge on any atom is -0.341 e. The van der Waals surface area contributed by atoms with Crippen LogP contribution in [0.5, 0.6) is 0 Å². The molecule has 9 heteroatoms. The summed E-state index contributed by atoms with van der Waals surface area (Å²) in [6.45, 7) is 8.20. The molecule has 0 radical (unpaired) electrons. The molecule has 1 fully saturated rings. The Morgan fingerprint density at radius 1 is 1.35 bits per heavy atom. The number of amides is 1. The van der Waals surface area contributed by atoms with Gasteiger partial charge in [-0.05, 0) is 46.6 Å². The van der Waals surface area contributed by atoms with Crippen LogP contribution in [-0.2, 0) is 11.3 Å². The van der Waals surface area contributed by atoms with Crippen LogP contribution in [0.15, 0.2) is 23.1 Å². The molecule has 0 aliphatic carbocycles. The summed E-state index contributed by atoms with van der Waals surface area (Å²) in [7, 11) is 1.73. The van der Waals surface area contributed by atoms with Crippen LogP contribution in [0.2, 0.25) is 0 Å². The number of likely N-dealkylation sites (N-methyl/N-ethyl adjacent to an activating group) is 1. The normalized spacial score (nSPS) is 18.7. The van der Waals surface area contributed by atoms with E-state index in [1.807, 2.05) is 0 Å². The zero-order valence-corrected chi connectivity index (χ0v) is 16.6. The van der Waals surface area contributed by atoms with Gasteiger partial charge in [-0.15, -0.1) is 12.4 Å². The van der Waals surface area contributed by atoms with E-state index in [0.29, 0.717) is 0 Å². The monoisotopic (exact) mass is 386 g/mol. The van der Waals surface area contributed by atoms with E-state index < -0.39 is 16.2 Å². The molecule has 0 spiro atoms. The number of rotatable bonds is 4. The van der Waals surface area contributed by atoms with E-state index >= 15 is 0 Å². The van der Waals surface area contributed by atoms with Gasteiger partial charge in [0.1, 0.15) is 6.54 Å². The molecular formula is C17H27ClN4O4. The van der Waals surface area contributed by atoms with Gasteiger partial charge in [-0.1, -0.05) is 0 Å². The second kappa shape index (κ2) is 7.75. The van der Waals surface area contributed by atoms with E-state index in [9.17, 15) is 19.7 Å². The van der Waals surface area contributed by atoms with Crippen LogP contribution in [0.4, 0.5) is 5.69 Å². The zero-order valence-electron chi connectivity index (χ0n) is 15.8. The van der Waals surface area contributed by atoms with Crippen LogP contribution < -0.4 is 10.9 Å². The van der Waals surface area contributed by atoms with Gasteiger partial charge in [0.25, 0.3) is 0 Å². The molecule has 0 unspecified atom stereocenters. The van der Waals surface area contributed by atoms with Gasteiger partial charge >= 0.3 is 11.2 Å². The van der Waals surface area contributed by atoms with Gasteiger partial charge in [0, 0.05) is 36.4 Å². The first-order valence-corrected chi connectivity index (χ1v) is 8.31. The van der Waals surface area contributed by atoms with Crippen LogP contribution in [0, 0.1) is 10.1 Å². The van der Waals surface area contributed by atoms with Gasteiger partial charge in [-0.3, -0.25) is 19.7 Å². The van der Waals surface area contributed by atoms with Gasteiger partial charge < -0.3 is 14.8 Å². The largest absolute Gasteiger partial charge is 0.341 e. The Labute approximate surface area is 159 Å². The van der Waals surface area contributed by atoms with Crippen molar-refractivity contribution in [2.24, 2.45) is 0 Å². The van der Waals surface area contributed by atoms with Crippen molar-refractivity contribution in [2.75, 3.05) is 7.05 Å². The Kier molecular flexibility index (Phi) is 6.59. The summed E-state index contributed by atoms with van der Waals surface area (Å²) >= 11 is 0. The van der Waals surface area contributed by atoms with E-state index in [-0.39, 0.29) is 42.0 Å². The van der Waals surface area contributed by atoms with Gasteiger partial charge in [0.15, 0.2) is 0 Å². The van der Waals surface area contributed by atoms with Crippen LogP contribution in [-0.4, -0.2) is 44.5 Å². The van der Waals surface area contributed by atoms with E-state index in [4.69, 9.17) is 0 Å². The quantitative estimate of drug-likeness (QED) is 0.630. The number of carbonyl (C=O) groups excluding carboxylic acids is 1. The highest BCUT2D eigenvalue weighted by atomic mass is 35.5. The lowest BCUT2D eigenvalue weighted by Gasteiger charge is -2.49. The Hall–Kier alpha value is -1.93. The third kappa shape index (κ3) is 5.04. The first-order chi connectivity index (χ1) is 11.4. The molecule has 1 aliphatic heterocycles. The third-order valence-electron chi connectivity index (χ3n) is 4.61. The number of aromatic nitrogens is 1. The number of hydrogen-bond acceptors (Lipinski definition) is 5. The molecule has 1 aliphatic rings. The van der Waals surface area contributed by atoms with Crippen molar-refractivity contribution in [1.29, 1.82) is 0 Å². The standard InChI is InChI=1S/C17H26N4O4.ClH/c1-16(2)9-12(10-17(3,4)18-16)19(5)14(22)11-20-8-6-7-13(15(20)23)21(24)25;/h6-8,12,18H,9-11H2,1-5H3;1H. The molecule has 8 nitrogen and oxygen atoms in total. The molecule has 0 atom stereocenters. The van der Waals surface area contributed by atoms with Crippen LogP contribution in [0.3, 0.4) is 0 Å². The van der Waals surface area contributed by atoms with Gasteiger partial charge in [-0.2, -0.15) is 0 Å². The Morgan fingerprint density at radius 3 is 2.38 bits per heavy atom. The Morgan fingerprint density at radius 2 is 1.88 bits per heavy atom. The summed E-state index contributed by atoms with van der Waals surface area (Å²) < 4.78 is 1.09. The number of nitrogens with zero attached hydrogens (tertiary/aromatic N) is 3. The number of carbonyl (C=O) groups is 1. The fourth-order valence-corrected chi connectivity index (χ4v) is 3.79. The van der Waals surface area contributed by atoms with E-state index in [1.54, 1.807) is 11.9 Å². The van der Waals surface area contributed by atoms with Crippen molar-refractivity contribution >= 4 is 24.0 Å². The summed E-state index contributed by atoms with van der Waals surface area (Å²) in [5.74, 6) is -0.235. The van der Waals surface area contributed by atoms with Crippen LogP contribution in [0.1, 0.15) is 40.5 Å². The molecule has 1 aromatic rings. The molecule has 0 saturated carbocycles. The first kappa shape index (κ1) is 22.1. The topological polar surface area (TPSA) is 97.5 Å². The lowest BCUT2D eigenvalue weighted by atomic mass is 9.79. The molecule has 1 saturated heterocycles. The van der Waals surface area contributed by atoms with E-state index in [2.05, 4.69) is 33.0 Å². The molecule has 1 aromatic heterocycles. The summed E-state index contributed by atoms with van der Waals surface area (Å²) in [5.41, 5.74) is -1.51. The fraction of sp³-hybridized carbons (Fsp3) is 0.647. The summed E-state index contributed by atoms with van der Waals surface area (Å²) in [6.07, 6.45) is 2.99. The Balaban J connectivity index is 0.00000338. The molecule has 1 amide bonds. The molecule has 146 valence electrons. The average molecular weight is 387 g/mol. The molecule has 1 N–H and O–H groups in total. The summed E-state index contributed by atoms with van der Waals surface area (Å²) in [6, 6.07) is 2.59. The number of hydrogen-bond donors (Lipinski definition) is 1. The average Bonchev–Trinajstić information content (AvgIpc) is 2.45. The maximum Gasteiger partial charge on any atom is 0.334 e. The molecule has 0 aromatic carbocycles. The van der Waals surface area contributed by atoms with Crippen molar-refractivity contribution < 1.29 is 9.72 Å². The van der Waals surface area contributed by atoms with Gasteiger partial charge in [0.2, 0.25) is 5.91 Å². The van der Waals surface area contributed by atoms with Crippen LogP contribution in [0.25, 0.3) is 0 Å². The third-order valence-corrected chi connectivity index (χ3v) is 4.61. The lowest BCUT2D eigenvalue weighted by molar-refractivity contribution is -0.386. The van der Waals surface area contributed by atoms with Crippen LogP contribution >= 0.6 is 12.4 Å². The number of nitro groups is 1. The maximum atomic E-state index is 12.6. The van der Waals surface area contributed by atoms with Crippen molar-refractivity contribution in [3.05, 3.63) is 38.8 Å². The number of piperidine rings is 1. The maximum absolute atomic E-state index is 12.6. The van der Waals surface area contributed by atoms with E-state index in [1.165, 1.54) is 12.3 Å². The predicted octanol–water partition coefficient (Wildman–Crippen LogP) is 1.95. The summed E-state index contributed by atoms with van der Waals surface area (Å²) in [5, 5.41) is 14.4. The Bertz CT molecular complexity index is 729. The van der Waals surface area contributed by atoms with Gasteiger partial charge in [-0.25, -0.2) is 0 Å². The second-order valence-corrected chi connectivity index (χ2v) is 8.04. The summed E-state index contributed by atoms with van der Waals surface area (Å²) in [4.78, 5) is 36.5. The molecular weight excluding hydrogens is 360 g/mol. The minimum atomic E-state index is -0.764. The smallest absolute Gasteiger partial charge is 0.334 e. The highest BCUT2D eigenvalue weighted by Crippen LogP contribution is 2.31. The minimum absolute atomic E-state index is 0. The van der Waals surface area contributed by atoms with Crippen molar-refractivity contribution in [3.63, 3.8) is 0 Å². The van der Waals surface area contributed by atoms with Crippen molar-refractivity contribution in [3.8, 4) is 0 Å². The van der Waals surface area contributed by atoms with Crippen molar-refractivity contribution in [1.82, 2.24) is 14.8 Å². The second-order valence-electron chi connectivity index (χ2n) is 8.04. The molecule has 2 rings (SSSR count). The number of halogens is 1. The molecule has 2 heterocycles. The lowest BCUT2D eigenvalue weighted by Crippen LogP contribution is -2.62. The first-order valence-electron chi connectivity index (χ1n) is 8.31. The predicted molar refractivity (Wildman–Crippen MR) is 102 cm³/mol. The van der Waals surface area contributed by atoms with E-state index in [0.717, 1.165) is 23.5 Å². The SMILES string of the molecule is CN(C(=O)Cn1cccc([N+](=O)[O-])c1=O)C1CC(C)(C)NC(C)(C)C1.Cl. The highest BCUT2D eigenvalue weighted by molar-refractivity contribution is 5.85. The molecule has 0 bridgehead atoms. The molecule has 26 heavy (non-hydrogen) atoms. The fourth-order valence-electron chi connectivity index (χ4n) is 3.79. The zero-order chi connectivity index (χ0) is 19.0. The van der Waals surface area contributed by atoms with Crippen molar-refractivity contribution in [2.45, 2.75) is 64.2 Å². The van der Waals surface area contributed by atoms with Gasteiger partial charge in [0.05, 0.1) is 4.92 Å². The number of nitrogens with one attached hydrogen (secondary N) is 1. The highest BCUT2D eigenvalue weighted by Gasteiger charge is 2.40.